The minimum atomic E-state index is -0.716. The van der Waals surface area contributed by atoms with Crippen molar-refractivity contribution in [2.24, 2.45) is 0 Å². The first-order valence-electron chi connectivity index (χ1n) is 15.2. The molecule has 1 aromatic rings. The van der Waals surface area contributed by atoms with Gasteiger partial charge in [0.25, 0.3) is 5.91 Å². The van der Waals surface area contributed by atoms with Crippen LogP contribution in [0.5, 0.6) is 0 Å². The van der Waals surface area contributed by atoms with Gasteiger partial charge in [0.1, 0.15) is 12.1 Å². The van der Waals surface area contributed by atoms with Gasteiger partial charge in [0, 0.05) is 45.5 Å². The molecular formula is C31H50N4O4. The van der Waals surface area contributed by atoms with Gasteiger partial charge in [0.2, 0.25) is 11.8 Å². The molecule has 0 aliphatic carbocycles. The first-order valence-corrected chi connectivity index (χ1v) is 15.2. The van der Waals surface area contributed by atoms with Gasteiger partial charge in [-0.3, -0.25) is 14.4 Å². The Morgan fingerprint density at radius 1 is 0.923 bits per heavy atom. The average molecular weight is 543 g/mol. The maximum atomic E-state index is 13.8. The van der Waals surface area contributed by atoms with E-state index in [-0.39, 0.29) is 24.3 Å². The topological polar surface area (TPSA) is 82.2 Å². The first-order chi connectivity index (χ1) is 19.0. The van der Waals surface area contributed by atoms with E-state index in [1.165, 1.54) is 44.9 Å². The van der Waals surface area contributed by atoms with Gasteiger partial charge >= 0.3 is 0 Å². The molecule has 2 aliphatic rings. The second-order valence-corrected chi connectivity index (χ2v) is 11.1. The molecule has 2 heterocycles. The lowest BCUT2D eigenvalue weighted by Crippen LogP contribution is -2.57. The maximum absolute atomic E-state index is 13.8. The summed E-state index contributed by atoms with van der Waals surface area (Å²) in [4.78, 5) is 45.1. The number of methoxy groups -OCH3 is 1. The summed E-state index contributed by atoms with van der Waals surface area (Å²) in [7, 11) is 1.64. The van der Waals surface area contributed by atoms with Crippen molar-refractivity contribution in [3.63, 3.8) is 0 Å². The summed E-state index contributed by atoms with van der Waals surface area (Å²) in [6.45, 7) is 4.91. The van der Waals surface area contributed by atoms with Crippen LogP contribution in [-0.2, 0) is 19.1 Å². The number of carbonyl (C=O) groups excluding carboxylic acids is 3. The second-order valence-electron chi connectivity index (χ2n) is 11.1. The fourth-order valence-electron chi connectivity index (χ4n) is 5.87. The van der Waals surface area contributed by atoms with Crippen molar-refractivity contribution in [3.8, 4) is 0 Å². The quantitative estimate of drug-likeness (QED) is 0.288. The second kappa shape index (κ2) is 16.5. The largest absolute Gasteiger partial charge is 0.385 e. The minimum absolute atomic E-state index is 0.00979. The smallest absolute Gasteiger partial charge is 0.250 e. The highest BCUT2D eigenvalue weighted by Gasteiger charge is 2.54. The van der Waals surface area contributed by atoms with Gasteiger partial charge in [-0.1, -0.05) is 76.5 Å². The van der Waals surface area contributed by atoms with E-state index in [1.54, 1.807) is 12.0 Å². The van der Waals surface area contributed by atoms with Gasteiger partial charge in [0.05, 0.1) is 6.67 Å². The fourth-order valence-corrected chi connectivity index (χ4v) is 5.87. The van der Waals surface area contributed by atoms with Crippen molar-refractivity contribution in [1.29, 1.82) is 0 Å². The fraction of sp³-hybridized carbons (Fsp3) is 0.710. The number of hydrogen-bond acceptors (Lipinski definition) is 5. The van der Waals surface area contributed by atoms with Crippen LogP contribution in [0.1, 0.15) is 90.4 Å². The number of anilines is 1. The number of amides is 3. The number of para-hydroxylation sites is 1. The van der Waals surface area contributed by atoms with Crippen LogP contribution in [0, 0.1) is 0 Å². The third-order valence-corrected chi connectivity index (χ3v) is 8.20. The third-order valence-electron chi connectivity index (χ3n) is 8.20. The van der Waals surface area contributed by atoms with Crippen molar-refractivity contribution in [2.75, 3.05) is 51.5 Å². The first kappa shape index (κ1) is 30.9. The molecule has 0 aromatic heterocycles. The van der Waals surface area contributed by atoms with E-state index < -0.39 is 5.54 Å². The standard InChI is InChI=1S/C31H50N4O4/c1-3-4-5-6-7-8-9-10-14-18-29(37)33-22-19-31(20-23-33)30(38)34(25-28(36)32-21-15-24-39-2)26-35(31)27-16-12-11-13-17-27/h11-13,16-17H,3-10,14-15,18-26H2,1-2H3,(H,32,36). The molecule has 3 amide bonds. The van der Waals surface area contributed by atoms with Gasteiger partial charge in [-0.05, 0) is 37.8 Å². The van der Waals surface area contributed by atoms with Crippen LogP contribution in [0.3, 0.4) is 0 Å². The maximum Gasteiger partial charge on any atom is 0.250 e. The molecular weight excluding hydrogens is 492 g/mol. The Balaban J connectivity index is 1.51. The molecule has 2 saturated heterocycles. The number of rotatable bonds is 17. The minimum Gasteiger partial charge on any atom is -0.385 e. The third kappa shape index (κ3) is 8.95. The Hall–Kier alpha value is -2.61. The molecule has 0 atom stereocenters. The lowest BCUT2D eigenvalue weighted by atomic mass is 9.85. The van der Waals surface area contributed by atoms with E-state index in [9.17, 15) is 14.4 Å². The number of likely N-dealkylation sites (tertiary alicyclic amines) is 1. The summed E-state index contributed by atoms with van der Waals surface area (Å²) < 4.78 is 5.04. The molecule has 1 N–H and O–H groups in total. The Bertz CT molecular complexity index is 886. The molecule has 218 valence electrons. The normalized spacial score (nSPS) is 16.8. The van der Waals surface area contributed by atoms with Gasteiger partial charge in [-0.25, -0.2) is 0 Å². The van der Waals surface area contributed by atoms with Gasteiger partial charge < -0.3 is 24.8 Å². The van der Waals surface area contributed by atoms with Gasteiger partial charge in [0.15, 0.2) is 0 Å². The summed E-state index contributed by atoms with van der Waals surface area (Å²) >= 11 is 0. The number of nitrogens with zero attached hydrogens (tertiary/aromatic N) is 3. The van der Waals surface area contributed by atoms with Crippen LogP contribution in [0.2, 0.25) is 0 Å². The summed E-state index contributed by atoms with van der Waals surface area (Å²) in [5, 5.41) is 2.89. The average Bonchev–Trinajstić information content (AvgIpc) is 3.21. The van der Waals surface area contributed by atoms with Crippen LogP contribution >= 0.6 is 0 Å². The van der Waals surface area contributed by atoms with Crippen molar-refractivity contribution in [3.05, 3.63) is 30.3 Å². The molecule has 0 unspecified atom stereocenters. The van der Waals surface area contributed by atoms with Crippen LogP contribution in [0.4, 0.5) is 5.69 Å². The van der Waals surface area contributed by atoms with E-state index in [2.05, 4.69) is 17.1 Å². The van der Waals surface area contributed by atoms with Crippen molar-refractivity contribution in [2.45, 2.75) is 95.9 Å². The molecule has 2 aliphatic heterocycles. The molecule has 8 nitrogen and oxygen atoms in total. The molecule has 0 radical (unpaired) electrons. The lowest BCUT2D eigenvalue weighted by molar-refractivity contribution is -0.140. The van der Waals surface area contributed by atoms with Crippen LogP contribution in [-0.4, -0.2) is 79.6 Å². The zero-order chi connectivity index (χ0) is 27.9. The highest BCUT2D eigenvalue weighted by atomic mass is 16.5. The van der Waals surface area contributed by atoms with Gasteiger partial charge in [-0.15, -0.1) is 0 Å². The zero-order valence-corrected chi connectivity index (χ0v) is 24.3. The molecule has 2 fully saturated rings. The summed E-state index contributed by atoms with van der Waals surface area (Å²) in [5.41, 5.74) is 0.259. The summed E-state index contributed by atoms with van der Waals surface area (Å²) in [5.74, 6) is 0.0410. The summed E-state index contributed by atoms with van der Waals surface area (Å²) in [6, 6.07) is 9.95. The molecule has 1 aromatic carbocycles. The molecule has 0 bridgehead atoms. The lowest BCUT2D eigenvalue weighted by Gasteiger charge is -2.43. The Kier molecular flexibility index (Phi) is 13.1. The zero-order valence-electron chi connectivity index (χ0n) is 24.3. The number of piperidine rings is 1. The predicted octanol–water partition coefficient (Wildman–Crippen LogP) is 4.73. The van der Waals surface area contributed by atoms with E-state index in [0.717, 1.165) is 24.9 Å². The number of ether oxygens (including phenoxy) is 1. The highest BCUT2D eigenvalue weighted by Crippen LogP contribution is 2.39. The van der Waals surface area contributed by atoms with Gasteiger partial charge in [-0.2, -0.15) is 0 Å². The number of hydrogen-bond donors (Lipinski definition) is 1. The van der Waals surface area contributed by atoms with Crippen molar-refractivity contribution < 1.29 is 19.1 Å². The van der Waals surface area contributed by atoms with Crippen LogP contribution in [0.25, 0.3) is 0 Å². The summed E-state index contributed by atoms with van der Waals surface area (Å²) in [6.07, 6.45) is 13.6. The number of unbranched alkanes of at least 4 members (excludes halogenated alkanes) is 8. The molecule has 1 spiro atoms. The molecule has 8 heteroatoms. The highest BCUT2D eigenvalue weighted by molar-refractivity contribution is 5.96. The van der Waals surface area contributed by atoms with Crippen molar-refractivity contribution >= 4 is 23.4 Å². The van der Waals surface area contributed by atoms with Crippen molar-refractivity contribution in [1.82, 2.24) is 15.1 Å². The monoisotopic (exact) mass is 542 g/mol. The SMILES string of the molecule is CCCCCCCCCCCC(=O)N1CCC2(CC1)C(=O)N(CC(=O)NCCCOC)CN2c1ccccc1. The van der Waals surface area contributed by atoms with E-state index in [1.807, 2.05) is 35.2 Å². The Morgan fingerprint density at radius 2 is 1.56 bits per heavy atom. The number of carbonyl (C=O) groups is 3. The number of benzene rings is 1. The molecule has 39 heavy (non-hydrogen) atoms. The predicted molar refractivity (Wildman–Crippen MR) is 155 cm³/mol. The molecule has 0 saturated carbocycles. The van der Waals surface area contributed by atoms with Crippen LogP contribution in [0.15, 0.2) is 30.3 Å². The Morgan fingerprint density at radius 3 is 2.21 bits per heavy atom. The number of nitrogens with one attached hydrogen (secondary N) is 1. The van der Waals surface area contributed by atoms with E-state index >= 15 is 0 Å². The molecule has 3 rings (SSSR count). The Labute approximate surface area is 235 Å². The van der Waals surface area contributed by atoms with Crippen LogP contribution < -0.4 is 10.2 Å². The van der Waals surface area contributed by atoms with E-state index in [4.69, 9.17) is 4.74 Å². The van der Waals surface area contributed by atoms with E-state index in [0.29, 0.717) is 52.2 Å².